The highest BCUT2D eigenvalue weighted by Crippen LogP contribution is 2.48. The summed E-state index contributed by atoms with van der Waals surface area (Å²) in [5, 5.41) is 0.0462. The van der Waals surface area contributed by atoms with Gasteiger partial charge in [0, 0.05) is 12.2 Å². The maximum absolute atomic E-state index is 12.8. The zero-order valence-corrected chi connectivity index (χ0v) is 12.2. The van der Waals surface area contributed by atoms with Gasteiger partial charge in [0.15, 0.2) is 0 Å². The Balaban J connectivity index is 1.93. The molecule has 6 nitrogen and oxygen atoms in total. The molecular formula is C12H19N3O3S. The quantitative estimate of drug-likeness (QED) is 0.708. The van der Waals surface area contributed by atoms with Gasteiger partial charge in [0.1, 0.15) is 17.3 Å². The van der Waals surface area contributed by atoms with E-state index in [1.807, 2.05) is 25.8 Å². The Hall–Kier alpha value is -0.790. The van der Waals surface area contributed by atoms with E-state index in [9.17, 15) is 9.59 Å². The normalized spacial score (nSPS) is 41.2. The molecule has 0 saturated carbocycles. The molecule has 3 rings (SSSR count). The summed E-state index contributed by atoms with van der Waals surface area (Å²) in [6.07, 6.45) is 0.695. The van der Waals surface area contributed by atoms with Crippen molar-refractivity contribution in [3.05, 3.63) is 0 Å². The summed E-state index contributed by atoms with van der Waals surface area (Å²) in [4.78, 5) is 28.0. The van der Waals surface area contributed by atoms with Crippen LogP contribution in [0, 0.1) is 0 Å². The van der Waals surface area contributed by atoms with Gasteiger partial charge in [-0.3, -0.25) is 14.5 Å². The average Bonchev–Trinajstić information content (AvgIpc) is 2.92. The van der Waals surface area contributed by atoms with Gasteiger partial charge in [0.05, 0.1) is 12.0 Å². The van der Waals surface area contributed by atoms with E-state index in [0.717, 1.165) is 0 Å². The van der Waals surface area contributed by atoms with Gasteiger partial charge in [-0.15, -0.1) is 11.8 Å². The minimum Gasteiger partial charge on any atom is -0.368 e. The van der Waals surface area contributed by atoms with Crippen LogP contribution < -0.4 is 5.73 Å². The summed E-state index contributed by atoms with van der Waals surface area (Å²) in [7, 11) is 1.91. The SMILES string of the molecule is CN1C(C)(C)OC[C@]12C[C@@H]1SC[C@@H](C(N)=O)N1C2=O. The second kappa shape index (κ2) is 3.86. The van der Waals surface area contributed by atoms with E-state index in [4.69, 9.17) is 10.5 Å². The summed E-state index contributed by atoms with van der Waals surface area (Å²) in [6, 6.07) is -0.473. The average molecular weight is 285 g/mol. The minimum atomic E-state index is -0.630. The maximum Gasteiger partial charge on any atom is 0.247 e. The molecule has 3 aliphatic heterocycles. The molecule has 3 atom stereocenters. The van der Waals surface area contributed by atoms with Gasteiger partial charge in [-0.25, -0.2) is 0 Å². The topological polar surface area (TPSA) is 75.9 Å². The van der Waals surface area contributed by atoms with E-state index in [-0.39, 0.29) is 11.3 Å². The molecule has 2 amide bonds. The number of carbonyl (C=O) groups is 2. The Bertz CT molecular complexity index is 456. The lowest BCUT2D eigenvalue weighted by Crippen LogP contribution is -2.57. The highest BCUT2D eigenvalue weighted by molar-refractivity contribution is 8.00. The molecule has 3 heterocycles. The molecule has 0 bridgehead atoms. The molecule has 2 N–H and O–H groups in total. The molecule has 0 aromatic carbocycles. The molecule has 0 radical (unpaired) electrons. The standard InChI is InChI=1S/C12H19N3O3S/c1-11(2)14(3)12(6-18-11)4-8-15(10(12)17)7(5-19-8)9(13)16/h7-8H,4-6H2,1-3H3,(H2,13,16)/t7-,8-,12-/m0/s1. The van der Waals surface area contributed by atoms with Crippen LogP contribution in [0.4, 0.5) is 0 Å². The first kappa shape index (κ1) is 13.2. The van der Waals surface area contributed by atoms with E-state index in [1.165, 1.54) is 0 Å². The molecule has 1 spiro atoms. The Kier molecular flexibility index (Phi) is 2.69. The summed E-state index contributed by atoms with van der Waals surface area (Å²) < 4.78 is 5.77. The number of carbonyl (C=O) groups excluding carboxylic acids is 2. The lowest BCUT2D eigenvalue weighted by molar-refractivity contribution is -0.142. The van der Waals surface area contributed by atoms with Gasteiger partial charge in [0.2, 0.25) is 11.8 Å². The monoisotopic (exact) mass is 285 g/mol. The summed E-state index contributed by atoms with van der Waals surface area (Å²) in [6.45, 7) is 4.29. The van der Waals surface area contributed by atoms with Gasteiger partial charge in [-0.2, -0.15) is 0 Å². The third-order valence-corrected chi connectivity index (χ3v) is 5.97. The van der Waals surface area contributed by atoms with Crippen LogP contribution in [-0.2, 0) is 14.3 Å². The first-order valence-electron chi connectivity index (χ1n) is 6.41. The minimum absolute atomic E-state index is 0.0145. The lowest BCUT2D eigenvalue weighted by Gasteiger charge is -2.35. The molecular weight excluding hydrogens is 266 g/mol. The van der Waals surface area contributed by atoms with Crippen LogP contribution in [0.15, 0.2) is 0 Å². The molecule has 3 saturated heterocycles. The molecule has 0 aromatic heterocycles. The highest BCUT2D eigenvalue weighted by Gasteiger charge is 2.64. The van der Waals surface area contributed by atoms with Crippen molar-refractivity contribution < 1.29 is 14.3 Å². The van der Waals surface area contributed by atoms with Gasteiger partial charge in [-0.05, 0) is 20.9 Å². The van der Waals surface area contributed by atoms with Crippen LogP contribution >= 0.6 is 11.8 Å². The van der Waals surface area contributed by atoms with Crippen LogP contribution in [0.5, 0.6) is 0 Å². The Labute approximate surface area is 116 Å². The fraction of sp³-hybridized carbons (Fsp3) is 0.833. The van der Waals surface area contributed by atoms with E-state index >= 15 is 0 Å². The van der Waals surface area contributed by atoms with Gasteiger partial charge >= 0.3 is 0 Å². The van der Waals surface area contributed by atoms with Gasteiger partial charge < -0.3 is 15.4 Å². The Morgan fingerprint density at radius 3 is 2.74 bits per heavy atom. The van der Waals surface area contributed by atoms with E-state index in [2.05, 4.69) is 0 Å². The van der Waals surface area contributed by atoms with Crippen molar-refractivity contribution >= 4 is 23.6 Å². The van der Waals surface area contributed by atoms with Crippen molar-refractivity contribution in [2.75, 3.05) is 19.4 Å². The van der Waals surface area contributed by atoms with Crippen LogP contribution in [0.2, 0.25) is 0 Å². The summed E-state index contributed by atoms with van der Waals surface area (Å²) in [5.74, 6) is 0.177. The smallest absolute Gasteiger partial charge is 0.247 e. The number of fused-ring (bicyclic) bond motifs is 1. The molecule has 7 heteroatoms. The predicted molar refractivity (Wildman–Crippen MR) is 71.2 cm³/mol. The first-order chi connectivity index (χ1) is 8.79. The lowest BCUT2D eigenvalue weighted by atomic mass is 9.96. The second-order valence-electron chi connectivity index (χ2n) is 5.95. The number of thioether (sulfide) groups is 1. The van der Waals surface area contributed by atoms with Crippen molar-refractivity contribution in [3.63, 3.8) is 0 Å². The zero-order chi connectivity index (χ0) is 14.0. The first-order valence-corrected chi connectivity index (χ1v) is 7.46. The zero-order valence-electron chi connectivity index (χ0n) is 11.4. The molecule has 3 fully saturated rings. The van der Waals surface area contributed by atoms with E-state index in [0.29, 0.717) is 18.8 Å². The summed E-state index contributed by atoms with van der Waals surface area (Å²) >= 11 is 1.64. The number of primary amides is 1. The third-order valence-electron chi connectivity index (χ3n) is 4.68. The molecule has 19 heavy (non-hydrogen) atoms. The number of nitrogens with zero attached hydrogens (tertiary/aromatic N) is 2. The number of ether oxygens (including phenoxy) is 1. The molecule has 3 aliphatic rings. The van der Waals surface area contributed by atoms with Crippen LogP contribution in [0.25, 0.3) is 0 Å². The van der Waals surface area contributed by atoms with Crippen molar-refractivity contribution in [1.82, 2.24) is 9.80 Å². The van der Waals surface area contributed by atoms with E-state index in [1.54, 1.807) is 16.7 Å². The largest absolute Gasteiger partial charge is 0.368 e. The number of amides is 2. The molecule has 0 aliphatic carbocycles. The predicted octanol–water partition coefficient (Wildman–Crippen LogP) is -0.418. The van der Waals surface area contributed by atoms with E-state index < -0.39 is 23.2 Å². The fourth-order valence-corrected chi connectivity index (χ4v) is 4.76. The second-order valence-corrected chi connectivity index (χ2v) is 7.16. The highest BCUT2D eigenvalue weighted by atomic mass is 32.2. The van der Waals surface area contributed by atoms with Crippen molar-refractivity contribution in [1.29, 1.82) is 0 Å². The molecule has 0 aromatic rings. The number of likely N-dealkylation sites (N-methyl/N-ethyl adjacent to an activating group) is 1. The molecule has 0 unspecified atom stereocenters. The van der Waals surface area contributed by atoms with Crippen LogP contribution in [-0.4, -0.2) is 63.7 Å². The Morgan fingerprint density at radius 2 is 2.21 bits per heavy atom. The molecule has 106 valence electrons. The number of hydrogen-bond acceptors (Lipinski definition) is 5. The van der Waals surface area contributed by atoms with Crippen molar-refractivity contribution in [2.45, 2.75) is 42.9 Å². The number of nitrogens with two attached hydrogens (primary N) is 1. The summed E-state index contributed by atoms with van der Waals surface area (Å²) in [5.41, 5.74) is 4.31. The maximum atomic E-state index is 12.8. The third kappa shape index (κ3) is 1.58. The number of rotatable bonds is 1. The fourth-order valence-electron chi connectivity index (χ4n) is 3.23. The van der Waals surface area contributed by atoms with Crippen LogP contribution in [0.3, 0.4) is 0 Å². The van der Waals surface area contributed by atoms with Crippen molar-refractivity contribution in [3.8, 4) is 0 Å². The number of hydrogen-bond donors (Lipinski definition) is 1. The van der Waals surface area contributed by atoms with Crippen LogP contribution in [0.1, 0.15) is 20.3 Å². The van der Waals surface area contributed by atoms with Crippen molar-refractivity contribution in [2.24, 2.45) is 5.73 Å². The Morgan fingerprint density at radius 1 is 1.53 bits per heavy atom. The van der Waals surface area contributed by atoms with Gasteiger partial charge in [-0.1, -0.05) is 0 Å². The van der Waals surface area contributed by atoms with Gasteiger partial charge in [0.25, 0.3) is 0 Å².